The molecule has 0 amide bonds. The Labute approximate surface area is 67.9 Å². The van der Waals surface area contributed by atoms with Crippen LogP contribution < -0.4 is 0 Å². The van der Waals surface area contributed by atoms with Crippen molar-refractivity contribution < 1.29 is 5.11 Å². The zero-order valence-electron chi connectivity index (χ0n) is 7.12. The molecule has 0 saturated heterocycles. The van der Waals surface area contributed by atoms with Crippen LogP contribution in [0.1, 0.15) is 26.7 Å². The zero-order chi connectivity index (χ0) is 8.53. The van der Waals surface area contributed by atoms with E-state index < -0.39 is 0 Å². The molecule has 0 fully saturated rings. The Kier molecular flexibility index (Phi) is 6.39. The van der Waals surface area contributed by atoms with Gasteiger partial charge in [0.2, 0.25) is 0 Å². The highest BCUT2D eigenvalue weighted by Crippen LogP contribution is 1.99. The van der Waals surface area contributed by atoms with Crippen molar-refractivity contribution in [2.75, 3.05) is 0 Å². The molecule has 0 atom stereocenters. The van der Waals surface area contributed by atoms with Crippen molar-refractivity contribution in [3.05, 3.63) is 24.5 Å². The Hall–Kier alpha value is -1.05. The van der Waals surface area contributed by atoms with E-state index in [1.165, 1.54) is 19.0 Å². The van der Waals surface area contributed by atoms with Crippen LogP contribution in [0.3, 0.4) is 0 Å². The van der Waals surface area contributed by atoms with E-state index in [1.54, 1.807) is 18.3 Å². The van der Waals surface area contributed by atoms with E-state index in [1.807, 2.05) is 0 Å². The fraction of sp³-hybridized carbons (Fsp3) is 0.444. The Morgan fingerprint density at radius 2 is 2.00 bits per heavy atom. The average Bonchev–Trinajstić information content (AvgIpc) is 2.07. The lowest BCUT2D eigenvalue weighted by Gasteiger charge is -1.81. The van der Waals surface area contributed by atoms with Crippen molar-refractivity contribution in [2.24, 2.45) is 0 Å². The smallest absolute Gasteiger partial charge is 0.133 e. The highest BCUT2D eigenvalue weighted by Gasteiger charge is 1.76. The van der Waals surface area contributed by atoms with Crippen molar-refractivity contribution in [3.63, 3.8) is 0 Å². The van der Waals surface area contributed by atoms with Gasteiger partial charge in [-0.1, -0.05) is 26.7 Å². The van der Waals surface area contributed by atoms with E-state index in [2.05, 4.69) is 18.8 Å². The molecule has 1 aromatic rings. The van der Waals surface area contributed by atoms with Gasteiger partial charge >= 0.3 is 0 Å². The summed E-state index contributed by atoms with van der Waals surface area (Å²) in [6.45, 7) is 4.36. The first-order valence-corrected chi connectivity index (χ1v) is 3.90. The van der Waals surface area contributed by atoms with Gasteiger partial charge in [-0.15, -0.1) is 0 Å². The molecule has 11 heavy (non-hydrogen) atoms. The van der Waals surface area contributed by atoms with Crippen molar-refractivity contribution in [1.82, 2.24) is 4.98 Å². The van der Waals surface area contributed by atoms with E-state index in [0.29, 0.717) is 0 Å². The zero-order valence-corrected chi connectivity index (χ0v) is 7.12. The first-order chi connectivity index (χ1) is 5.31. The van der Waals surface area contributed by atoms with Crippen LogP contribution in [-0.2, 0) is 0 Å². The topological polar surface area (TPSA) is 33.1 Å². The number of pyridine rings is 1. The number of rotatable bonds is 1. The second-order valence-electron chi connectivity index (χ2n) is 2.21. The Morgan fingerprint density at radius 1 is 1.36 bits per heavy atom. The third-order valence-electron chi connectivity index (χ3n) is 1.15. The Bertz CT molecular complexity index is 160. The fourth-order valence-electron chi connectivity index (χ4n) is 0.354. The lowest BCUT2D eigenvalue weighted by atomic mass is 10.4. The third-order valence-corrected chi connectivity index (χ3v) is 1.15. The van der Waals surface area contributed by atoms with Gasteiger partial charge in [-0.3, -0.25) is 4.98 Å². The van der Waals surface area contributed by atoms with Gasteiger partial charge in [-0.05, 0) is 12.1 Å². The first-order valence-electron chi connectivity index (χ1n) is 3.90. The van der Waals surface area contributed by atoms with Crippen LogP contribution in [0.25, 0.3) is 0 Å². The maximum atomic E-state index is 8.57. The molecule has 62 valence electrons. The maximum absolute atomic E-state index is 8.57. The van der Waals surface area contributed by atoms with Crippen molar-refractivity contribution in [2.45, 2.75) is 26.7 Å². The molecule has 2 heteroatoms. The van der Waals surface area contributed by atoms with Gasteiger partial charge in [-0.25, -0.2) is 0 Å². The van der Waals surface area contributed by atoms with Crippen LogP contribution in [0.4, 0.5) is 0 Å². The molecular formula is C9H15NO. The summed E-state index contributed by atoms with van der Waals surface area (Å²) in [5.74, 6) is 0.211. The predicted octanol–water partition coefficient (Wildman–Crippen LogP) is 2.59. The average molecular weight is 153 g/mol. The SMILES string of the molecule is CCCC.Oc1cccnc1. The summed E-state index contributed by atoms with van der Waals surface area (Å²) < 4.78 is 0. The van der Waals surface area contributed by atoms with Gasteiger partial charge in [0, 0.05) is 6.20 Å². The summed E-state index contributed by atoms with van der Waals surface area (Å²) in [5.41, 5.74) is 0. The molecule has 1 rings (SSSR count). The van der Waals surface area contributed by atoms with Gasteiger partial charge in [0.15, 0.2) is 0 Å². The molecule has 0 aliphatic carbocycles. The molecule has 1 N–H and O–H groups in total. The molecule has 1 aromatic heterocycles. The first kappa shape index (κ1) is 9.95. The summed E-state index contributed by atoms with van der Waals surface area (Å²) in [5, 5.41) is 8.57. The van der Waals surface area contributed by atoms with Crippen LogP contribution in [0, 0.1) is 0 Å². The minimum Gasteiger partial charge on any atom is -0.506 e. The molecule has 0 aliphatic heterocycles. The highest BCUT2D eigenvalue weighted by molar-refractivity contribution is 5.12. The van der Waals surface area contributed by atoms with E-state index >= 15 is 0 Å². The lowest BCUT2D eigenvalue weighted by molar-refractivity contribution is 0.472. The predicted molar refractivity (Wildman–Crippen MR) is 46.5 cm³/mol. The minimum atomic E-state index is 0.211. The molecular weight excluding hydrogens is 138 g/mol. The second kappa shape index (κ2) is 7.06. The van der Waals surface area contributed by atoms with Crippen molar-refractivity contribution in [3.8, 4) is 5.75 Å². The van der Waals surface area contributed by atoms with Gasteiger partial charge in [-0.2, -0.15) is 0 Å². The van der Waals surface area contributed by atoms with Crippen LogP contribution in [0.5, 0.6) is 5.75 Å². The van der Waals surface area contributed by atoms with Crippen LogP contribution >= 0.6 is 0 Å². The van der Waals surface area contributed by atoms with Gasteiger partial charge < -0.3 is 5.11 Å². The van der Waals surface area contributed by atoms with E-state index in [-0.39, 0.29) is 5.75 Å². The molecule has 1 heterocycles. The minimum absolute atomic E-state index is 0.211. The Morgan fingerprint density at radius 3 is 2.18 bits per heavy atom. The quantitative estimate of drug-likeness (QED) is 0.672. The van der Waals surface area contributed by atoms with Crippen molar-refractivity contribution >= 4 is 0 Å². The summed E-state index contributed by atoms with van der Waals surface area (Å²) in [6, 6.07) is 3.25. The largest absolute Gasteiger partial charge is 0.506 e. The second-order valence-corrected chi connectivity index (χ2v) is 2.21. The van der Waals surface area contributed by atoms with Crippen molar-refractivity contribution in [1.29, 1.82) is 0 Å². The molecule has 2 nitrogen and oxygen atoms in total. The van der Waals surface area contributed by atoms with Crippen LogP contribution in [0.15, 0.2) is 24.5 Å². The van der Waals surface area contributed by atoms with Crippen LogP contribution in [-0.4, -0.2) is 10.1 Å². The van der Waals surface area contributed by atoms with E-state index in [9.17, 15) is 0 Å². The van der Waals surface area contributed by atoms with E-state index in [4.69, 9.17) is 5.11 Å². The van der Waals surface area contributed by atoms with Gasteiger partial charge in [0.05, 0.1) is 6.20 Å². The monoisotopic (exact) mass is 153 g/mol. The summed E-state index contributed by atoms with van der Waals surface area (Å²) >= 11 is 0. The Balaban J connectivity index is 0.000000218. The number of aromatic hydroxyl groups is 1. The molecule has 0 saturated carbocycles. The highest BCUT2D eigenvalue weighted by atomic mass is 16.3. The molecule has 0 aromatic carbocycles. The summed E-state index contributed by atoms with van der Waals surface area (Å²) in [4.78, 5) is 3.63. The molecule has 0 unspecified atom stereocenters. The summed E-state index contributed by atoms with van der Waals surface area (Å²) in [6.07, 6.45) is 5.64. The van der Waals surface area contributed by atoms with Crippen LogP contribution in [0.2, 0.25) is 0 Å². The standard InChI is InChI=1S/C5H5NO.C4H10/c7-5-2-1-3-6-4-5;1-3-4-2/h1-4,7H;3-4H2,1-2H3. The molecule has 0 spiro atoms. The third kappa shape index (κ3) is 6.84. The molecule has 0 radical (unpaired) electrons. The number of unbranched alkanes of at least 4 members (excludes halogenated alkanes) is 1. The van der Waals surface area contributed by atoms with E-state index in [0.717, 1.165) is 0 Å². The normalized spacial score (nSPS) is 8.18. The lowest BCUT2D eigenvalue weighted by Crippen LogP contribution is -1.64. The molecule has 0 aliphatic rings. The van der Waals surface area contributed by atoms with Gasteiger partial charge in [0.25, 0.3) is 0 Å². The number of hydrogen-bond acceptors (Lipinski definition) is 2. The number of hydrogen-bond donors (Lipinski definition) is 1. The summed E-state index contributed by atoms with van der Waals surface area (Å²) in [7, 11) is 0. The number of aromatic nitrogens is 1. The molecule has 0 bridgehead atoms. The fourth-order valence-corrected chi connectivity index (χ4v) is 0.354. The van der Waals surface area contributed by atoms with Gasteiger partial charge in [0.1, 0.15) is 5.75 Å². The number of nitrogens with zero attached hydrogens (tertiary/aromatic N) is 1. The maximum Gasteiger partial charge on any atom is 0.133 e.